The molecule has 2 aliphatic heterocycles. The van der Waals surface area contributed by atoms with Crippen LogP contribution in [0.3, 0.4) is 0 Å². The molecule has 1 amide bonds. The molecule has 2 heterocycles. The van der Waals surface area contributed by atoms with Gasteiger partial charge in [0.15, 0.2) is 11.5 Å². The number of amides is 1. The molecule has 1 unspecified atom stereocenters. The first kappa shape index (κ1) is 17.2. The lowest BCUT2D eigenvalue weighted by atomic mass is 10.1. The van der Waals surface area contributed by atoms with Gasteiger partial charge in [-0.1, -0.05) is 29.8 Å². The van der Waals surface area contributed by atoms with Crippen LogP contribution in [0.5, 0.6) is 11.5 Å². The van der Waals surface area contributed by atoms with Crippen LogP contribution in [0.2, 0.25) is 5.02 Å². The van der Waals surface area contributed by atoms with Crippen molar-refractivity contribution in [1.29, 1.82) is 0 Å². The highest BCUT2D eigenvalue weighted by molar-refractivity contribution is 6.30. The summed E-state index contributed by atoms with van der Waals surface area (Å²) in [6, 6.07) is 13.3. The summed E-state index contributed by atoms with van der Waals surface area (Å²) in [7, 11) is 0. The van der Waals surface area contributed by atoms with Gasteiger partial charge in [-0.15, -0.1) is 0 Å². The van der Waals surface area contributed by atoms with E-state index in [-0.39, 0.29) is 12.0 Å². The second kappa shape index (κ2) is 7.56. The van der Waals surface area contributed by atoms with Gasteiger partial charge in [-0.05, 0) is 35.4 Å². The van der Waals surface area contributed by atoms with Gasteiger partial charge in [-0.2, -0.15) is 0 Å². The molecule has 0 N–H and O–H groups in total. The fourth-order valence-electron chi connectivity index (χ4n) is 3.24. The number of fused-ring (bicyclic) bond motifs is 1. The van der Waals surface area contributed by atoms with Crippen molar-refractivity contribution in [2.45, 2.75) is 12.5 Å². The molecule has 0 saturated carbocycles. The van der Waals surface area contributed by atoms with Gasteiger partial charge in [0, 0.05) is 11.6 Å². The molecule has 6 heteroatoms. The van der Waals surface area contributed by atoms with Gasteiger partial charge >= 0.3 is 0 Å². The van der Waals surface area contributed by atoms with Crippen LogP contribution < -0.4 is 9.47 Å². The van der Waals surface area contributed by atoms with Gasteiger partial charge in [0.1, 0.15) is 19.3 Å². The molecule has 2 aliphatic rings. The van der Waals surface area contributed by atoms with Crippen molar-refractivity contribution in [1.82, 2.24) is 4.90 Å². The molecule has 0 aromatic heterocycles. The highest BCUT2D eigenvalue weighted by Gasteiger charge is 2.25. The maximum atomic E-state index is 12.7. The summed E-state index contributed by atoms with van der Waals surface area (Å²) in [5.41, 5.74) is 1.96. The van der Waals surface area contributed by atoms with Crippen molar-refractivity contribution in [3.63, 3.8) is 0 Å². The molecular formula is C20H20ClNO4. The first-order chi connectivity index (χ1) is 12.7. The van der Waals surface area contributed by atoms with Crippen LogP contribution in [0.1, 0.15) is 17.2 Å². The fourth-order valence-corrected chi connectivity index (χ4v) is 3.37. The van der Waals surface area contributed by atoms with Crippen molar-refractivity contribution >= 4 is 17.5 Å². The van der Waals surface area contributed by atoms with E-state index < -0.39 is 0 Å². The van der Waals surface area contributed by atoms with Crippen LogP contribution in [-0.2, 0) is 16.0 Å². The Morgan fingerprint density at radius 1 is 1.04 bits per heavy atom. The number of hydrogen-bond donors (Lipinski definition) is 0. The molecule has 5 nitrogen and oxygen atoms in total. The summed E-state index contributed by atoms with van der Waals surface area (Å²) in [4.78, 5) is 14.6. The molecule has 1 saturated heterocycles. The zero-order valence-corrected chi connectivity index (χ0v) is 15.1. The number of hydrogen-bond acceptors (Lipinski definition) is 4. The Kier molecular flexibility index (Phi) is 5.00. The van der Waals surface area contributed by atoms with Crippen molar-refractivity contribution in [2.24, 2.45) is 0 Å². The molecule has 0 aliphatic carbocycles. The summed E-state index contributed by atoms with van der Waals surface area (Å²) >= 11 is 5.95. The van der Waals surface area contributed by atoms with Gasteiger partial charge in [0.2, 0.25) is 5.91 Å². The topological polar surface area (TPSA) is 48.0 Å². The lowest BCUT2D eigenvalue weighted by molar-refractivity contribution is -0.138. The molecule has 0 bridgehead atoms. The molecular weight excluding hydrogens is 354 g/mol. The zero-order valence-electron chi connectivity index (χ0n) is 14.3. The number of carbonyl (C=O) groups excluding carboxylic acids is 1. The predicted octanol–water partition coefficient (Wildman–Crippen LogP) is 3.25. The number of morpholine rings is 1. The van der Waals surface area contributed by atoms with Crippen LogP contribution in [0, 0.1) is 0 Å². The van der Waals surface area contributed by atoms with E-state index in [2.05, 4.69) is 0 Å². The van der Waals surface area contributed by atoms with Crippen LogP contribution in [0.4, 0.5) is 0 Å². The molecule has 2 aromatic carbocycles. The summed E-state index contributed by atoms with van der Waals surface area (Å²) in [5.74, 6) is 1.54. The number of halogens is 1. The van der Waals surface area contributed by atoms with Crippen LogP contribution in [0.15, 0.2) is 42.5 Å². The number of carbonyl (C=O) groups is 1. The third-order valence-electron chi connectivity index (χ3n) is 4.62. The van der Waals surface area contributed by atoms with Gasteiger partial charge in [-0.25, -0.2) is 0 Å². The molecule has 4 rings (SSSR count). The molecule has 1 atom stereocenters. The SMILES string of the molecule is O=C(Cc1ccc2c(c1)OCCO2)N1CCOC(c2ccc(Cl)cc2)C1. The van der Waals surface area contributed by atoms with Crippen molar-refractivity contribution in [2.75, 3.05) is 32.9 Å². The lowest BCUT2D eigenvalue weighted by Gasteiger charge is -2.33. The maximum absolute atomic E-state index is 12.7. The fraction of sp³-hybridized carbons (Fsp3) is 0.350. The monoisotopic (exact) mass is 373 g/mol. The maximum Gasteiger partial charge on any atom is 0.227 e. The van der Waals surface area contributed by atoms with Gasteiger partial charge in [0.05, 0.1) is 19.6 Å². The van der Waals surface area contributed by atoms with Crippen LogP contribution in [0.25, 0.3) is 0 Å². The normalized spacial score (nSPS) is 19.3. The number of ether oxygens (including phenoxy) is 3. The molecule has 0 spiro atoms. The van der Waals surface area contributed by atoms with E-state index in [1.54, 1.807) is 0 Å². The van der Waals surface area contributed by atoms with E-state index in [0.717, 1.165) is 16.9 Å². The van der Waals surface area contributed by atoms with E-state index in [1.165, 1.54) is 0 Å². The molecule has 1 fully saturated rings. The Labute approximate surface area is 157 Å². The van der Waals surface area contributed by atoms with E-state index in [0.29, 0.717) is 50.1 Å². The first-order valence-corrected chi connectivity index (χ1v) is 9.10. The summed E-state index contributed by atoms with van der Waals surface area (Å²) in [6.45, 7) is 2.78. The standard InChI is InChI=1S/C20H20ClNO4/c21-16-4-2-15(3-5-16)19-13-22(7-8-24-19)20(23)12-14-1-6-17-18(11-14)26-10-9-25-17/h1-6,11,19H,7-10,12-13H2. The van der Waals surface area contributed by atoms with Crippen LogP contribution in [-0.4, -0.2) is 43.7 Å². The van der Waals surface area contributed by atoms with E-state index in [9.17, 15) is 4.79 Å². The Bertz CT molecular complexity index is 793. The number of rotatable bonds is 3. The minimum atomic E-state index is -0.120. The van der Waals surface area contributed by atoms with Crippen molar-refractivity contribution < 1.29 is 19.0 Å². The average Bonchev–Trinajstić information content (AvgIpc) is 2.68. The summed E-state index contributed by atoms with van der Waals surface area (Å²) < 4.78 is 17.0. The molecule has 0 radical (unpaired) electrons. The average molecular weight is 374 g/mol. The summed E-state index contributed by atoms with van der Waals surface area (Å²) in [5, 5.41) is 0.691. The van der Waals surface area contributed by atoms with E-state index in [4.69, 9.17) is 25.8 Å². The summed E-state index contributed by atoms with van der Waals surface area (Å²) in [6.07, 6.45) is 0.217. The third-order valence-corrected chi connectivity index (χ3v) is 4.87. The Balaban J connectivity index is 1.42. The Morgan fingerprint density at radius 3 is 2.62 bits per heavy atom. The predicted molar refractivity (Wildman–Crippen MR) is 97.9 cm³/mol. The third kappa shape index (κ3) is 3.79. The Morgan fingerprint density at radius 2 is 1.81 bits per heavy atom. The second-order valence-electron chi connectivity index (χ2n) is 6.41. The number of benzene rings is 2. The van der Waals surface area contributed by atoms with Crippen molar-refractivity contribution in [3.05, 3.63) is 58.6 Å². The van der Waals surface area contributed by atoms with Crippen LogP contribution >= 0.6 is 11.6 Å². The Hall–Kier alpha value is -2.24. The lowest BCUT2D eigenvalue weighted by Crippen LogP contribution is -2.43. The van der Waals surface area contributed by atoms with Gasteiger partial charge < -0.3 is 19.1 Å². The minimum Gasteiger partial charge on any atom is -0.486 e. The second-order valence-corrected chi connectivity index (χ2v) is 6.84. The molecule has 26 heavy (non-hydrogen) atoms. The minimum absolute atomic E-state index is 0.0870. The quantitative estimate of drug-likeness (QED) is 0.828. The molecule has 136 valence electrons. The van der Waals surface area contributed by atoms with Gasteiger partial charge in [-0.3, -0.25) is 4.79 Å². The van der Waals surface area contributed by atoms with E-state index in [1.807, 2.05) is 47.4 Å². The number of nitrogens with zero attached hydrogens (tertiary/aromatic N) is 1. The largest absolute Gasteiger partial charge is 0.486 e. The van der Waals surface area contributed by atoms with E-state index >= 15 is 0 Å². The van der Waals surface area contributed by atoms with Crippen molar-refractivity contribution in [3.8, 4) is 11.5 Å². The molecule has 2 aromatic rings. The highest BCUT2D eigenvalue weighted by Crippen LogP contribution is 2.31. The van der Waals surface area contributed by atoms with Gasteiger partial charge in [0.25, 0.3) is 0 Å². The first-order valence-electron chi connectivity index (χ1n) is 8.72. The zero-order chi connectivity index (χ0) is 17.9. The smallest absolute Gasteiger partial charge is 0.227 e. The highest BCUT2D eigenvalue weighted by atomic mass is 35.5.